The van der Waals surface area contributed by atoms with Crippen LogP contribution in [0.25, 0.3) is 5.69 Å². The Morgan fingerprint density at radius 3 is 2.49 bits per heavy atom. The number of halogens is 4. The number of amides is 1. The molecule has 1 fully saturated rings. The van der Waals surface area contributed by atoms with Gasteiger partial charge < -0.3 is 15.2 Å². The molecule has 37 heavy (non-hydrogen) atoms. The summed E-state index contributed by atoms with van der Waals surface area (Å²) in [6.07, 6.45) is -3.37. The van der Waals surface area contributed by atoms with Crippen LogP contribution >= 0.6 is 0 Å². The monoisotopic (exact) mass is 549 g/mol. The average Bonchev–Trinajstić information content (AvgIpc) is 3.16. The summed E-state index contributed by atoms with van der Waals surface area (Å²) in [6.45, 7) is 1.50. The van der Waals surface area contributed by atoms with Gasteiger partial charge in [0.25, 0.3) is 5.91 Å². The van der Waals surface area contributed by atoms with Gasteiger partial charge in [0.05, 0.1) is 23.6 Å². The van der Waals surface area contributed by atoms with E-state index in [0.29, 0.717) is 5.56 Å². The number of carbonyl (C=O) groups excluding carboxylic acids is 1. The Morgan fingerprint density at radius 1 is 1.30 bits per heavy atom. The van der Waals surface area contributed by atoms with Crippen molar-refractivity contribution in [3.8, 4) is 11.4 Å². The molecule has 1 saturated carbocycles. The number of alkyl halides is 3. The first-order valence-electron chi connectivity index (χ1n) is 11.9. The van der Waals surface area contributed by atoms with Crippen molar-refractivity contribution >= 4 is 15.7 Å². The largest absolute Gasteiger partial charge is 0.495 e. The second-order valence-electron chi connectivity index (χ2n) is 9.41. The lowest BCUT2D eigenvalue weighted by molar-refractivity contribution is -0.134. The Balaban J connectivity index is 1.79. The number of ether oxygens (including phenoxy) is 1. The van der Waals surface area contributed by atoms with Gasteiger partial charge in [-0.05, 0) is 49.8 Å². The smallest absolute Gasteiger partial charge is 0.389 e. The van der Waals surface area contributed by atoms with Gasteiger partial charge in [-0.1, -0.05) is 13.0 Å². The van der Waals surface area contributed by atoms with Crippen LogP contribution in [-0.2, 0) is 22.7 Å². The second kappa shape index (κ2) is 11.0. The van der Waals surface area contributed by atoms with Gasteiger partial charge >= 0.3 is 6.18 Å². The van der Waals surface area contributed by atoms with Crippen molar-refractivity contribution in [3.63, 3.8) is 0 Å². The van der Waals surface area contributed by atoms with Gasteiger partial charge in [-0.25, -0.2) is 13.4 Å². The van der Waals surface area contributed by atoms with E-state index in [9.17, 15) is 31.5 Å². The quantitative estimate of drug-likeness (QED) is 0.463. The summed E-state index contributed by atoms with van der Waals surface area (Å²) >= 11 is 0. The molecule has 1 aromatic heterocycles. The predicted molar refractivity (Wildman–Crippen MR) is 128 cm³/mol. The van der Waals surface area contributed by atoms with Gasteiger partial charge in [-0.2, -0.15) is 17.6 Å². The minimum Gasteiger partial charge on any atom is -0.495 e. The molecule has 1 aliphatic rings. The van der Waals surface area contributed by atoms with E-state index in [1.54, 1.807) is 6.92 Å². The zero-order chi connectivity index (χ0) is 27.6. The summed E-state index contributed by atoms with van der Waals surface area (Å²) in [5.74, 6) is -1.53. The summed E-state index contributed by atoms with van der Waals surface area (Å²) in [5, 5.41) is 12.7. The number of aromatic nitrogens is 2. The highest BCUT2D eigenvalue weighted by Gasteiger charge is 2.37. The minimum atomic E-state index is -4.32. The zero-order valence-corrected chi connectivity index (χ0v) is 21.7. The van der Waals surface area contributed by atoms with Crippen molar-refractivity contribution in [2.24, 2.45) is 0 Å². The van der Waals surface area contributed by atoms with Crippen LogP contribution in [0.4, 0.5) is 17.6 Å². The normalized spacial score (nSPS) is 20.6. The van der Waals surface area contributed by atoms with Crippen molar-refractivity contribution < 1.29 is 40.6 Å². The molecule has 13 heteroatoms. The van der Waals surface area contributed by atoms with E-state index in [-0.39, 0.29) is 62.3 Å². The molecule has 2 N–H and O–H groups in total. The van der Waals surface area contributed by atoms with Gasteiger partial charge in [-0.15, -0.1) is 0 Å². The maximum atomic E-state index is 15.5. The molecule has 0 aliphatic heterocycles. The molecule has 0 unspecified atom stereocenters. The fourth-order valence-electron chi connectivity index (χ4n) is 4.48. The van der Waals surface area contributed by atoms with Gasteiger partial charge in [0.1, 0.15) is 21.4 Å². The highest BCUT2D eigenvalue weighted by Crippen LogP contribution is 2.32. The zero-order valence-electron chi connectivity index (χ0n) is 20.9. The predicted octanol–water partition coefficient (Wildman–Crippen LogP) is 3.53. The van der Waals surface area contributed by atoms with E-state index in [4.69, 9.17) is 4.74 Å². The number of imidazole rings is 1. The number of hydrogen-bond donors (Lipinski definition) is 2. The van der Waals surface area contributed by atoms with Gasteiger partial charge in [0.2, 0.25) is 5.95 Å². The third-order valence-corrected chi connectivity index (χ3v) is 8.33. The molecule has 1 amide bonds. The van der Waals surface area contributed by atoms with Crippen LogP contribution in [0.15, 0.2) is 18.2 Å². The maximum Gasteiger partial charge on any atom is 0.389 e. The number of aryl methyl sites for hydroxylation is 2. The van der Waals surface area contributed by atoms with Crippen LogP contribution in [-0.4, -0.2) is 65.9 Å². The number of aliphatic hydroxyl groups is 1. The van der Waals surface area contributed by atoms with E-state index in [1.165, 1.54) is 25.3 Å². The molecule has 8 nitrogen and oxygen atoms in total. The molecule has 0 spiro atoms. The topological polar surface area (TPSA) is 111 Å². The van der Waals surface area contributed by atoms with E-state index in [0.717, 1.165) is 10.8 Å². The van der Waals surface area contributed by atoms with Crippen molar-refractivity contribution in [1.82, 2.24) is 14.9 Å². The Morgan fingerprint density at radius 2 is 1.95 bits per heavy atom. The SMILES string of the molecule is CCc1nc(C(=O)NC[C@]2(O)CC[C@@H](S(C)(=O)=O)CC2)c(F)n1-c1ccc(CCC(F)(F)F)cc1OC. The summed E-state index contributed by atoms with van der Waals surface area (Å²) in [6, 6.07) is 4.24. The molecule has 1 aromatic carbocycles. The molecule has 0 saturated heterocycles. The summed E-state index contributed by atoms with van der Waals surface area (Å²) in [7, 11) is -1.92. The lowest BCUT2D eigenvalue weighted by Gasteiger charge is -2.35. The number of nitrogens with zero attached hydrogens (tertiary/aromatic N) is 2. The van der Waals surface area contributed by atoms with E-state index in [1.807, 2.05) is 0 Å². The number of rotatable bonds is 9. The van der Waals surface area contributed by atoms with Gasteiger partial charge in [0.15, 0.2) is 5.69 Å². The van der Waals surface area contributed by atoms with Crippen LogP contribution < -0.4 is 10.1 Å². The Kier molecular flexibility index (Phi) is 8.57. The first-order chi connectivity index (χ1) is 17.2. The summed E-state index contributed by atoms with van der Waals surface area (Å²) < 4.78 is 83.1. The molecule has 1 heterocycles. The number of sulfone groups is 1. The van der Waals surface area contributed by atoms with Crippen molar-refractivity contribution in [1.29, 1.82) is 0 Å². The third kappa shape index (κ3) is 7.01. The lowest BCUT2D eigenvalue weighted by atomic mass is 9.84. The lowest BCUT2D eigenvalue weighted by Crippen LogP contribution is -2.47. The van der Waals surface area contributed by atoms with Crippen LogP contribution in [0, 0.1) is 5.95 Å². The van der Waals surface area contributed by atoms with Crippen molar-refractivity contribution in [2.75, 3.05) is 19.9 Å². The van der Waals surface area contributed by atoms with Crippen molar-refractivity contribution in [2.45, 2.75) is 68.9 Å². The maximum absolute atomic E-state index is 15.5. The summed E-state index contributed by atoms with van der Waals surface area (Å²) in [5.41, 5.74) is -1.29. The molecule has 0 atom stereocenters. The highest BCUT2D eigenvalue weighted by molar-refractivity contribution is 7.91. The minimum absolute atomic E-state index is 0.120. The standard InChI is InChI=1S/C24H31F4N3O5S/c1-4-19-30-20(22(32)29-14-23(33)10-8-16(9-11-23)37(3,34)35)21(25)31(19)17-6-5-15(13-18(17)36-2)7-12-24(26,27)28/h5-6,13,16,33H,4,7-12,14H2,1-3H3,(H,29,32)/t16-,23+. The molecular formula is C24H31F4N3O5S. The third-order valence-electron chi connectivity index (χ3n) is 6.65. The number of methoxy groups -OCH3 is 1. The fourth-order valence-corrected chi connectivity index (χ4v) is 5.57. The van der Waals surface area contributed by atoms with Crippen molar-refractivity contribution in [3.05, 3.63) is 41.2 Å². The van der Waals surface area contributed by atoms with Gasteiger partial charge in [-0.3, -0.25) is 9.36 Å². The second-order valence-corrected chi connectivity index (χ2v) is 11.7. The molecule has 3 rings (SSSR count). The number of nitrogens with one attached hydrogen (secondary N) is 1. The Labute approximate surface area is 213 Å². The molecule has 206 valence electrons. The van der Waals surface area contributed by atoms with Crippen LogP contribution in [0.1, 0.15) is 60.9 Å². The first kappa shape index (κ1) is 28.9. The number of hydrogen-bond acceptors (Lipinski definition) is 6. The number of benzene rings is 1. The van der Waals surface area contributed by atoms with Crippen LogP contribution in [0.3, 0.4) is 0 Å². The van der Waals surface area contributed by atoms with E-state index < -0.39 is 50.8 Å². The Hall–Kier alpha value is -2.67. The van der Waals surface area contributed by atoms with E-state index in [2.05, 4.69) is 10.3 Å². The molecule has 2 aromatic rings. The Bertz CT molecular complexity index is 1240. The van der Waals surface area contributed by atoms with E-state index >= 15 is 4.39 Å². The molecule has 0 bridgehead atoms. The molecule has 0 radical (unpaired) electrons. The van der Waals surface area contributed by atoms with Gasteiger partial charge in [0, 0.05) is 25.6 Å². The fraction of sp³-hybridized carbons (Fsp3) is 0.583. The highest BCUT2D eigenvalue weighted by atomic mass is 32.2. The molecule has 1 aliphatic carbocycles. The summed E-state index contributed by atoms with van der Waals surface area (Å²) in [4.78, 5) is 16.9. The number of carbonyl (C=O) groups is 1. The average molecular weight is 550 g/mol. The van der Waals surface area contributed by atoms with Crippen LogP contribution in [0.2, 0.25) is 0 Å². The first-order valence-corrected chi connectivity index (χ1v) is 13.8. The molecular weight excluding hydrogens is 518 g/mol. The van der Waals surface area contributed by atoms with Crippen LogP contribution in [0.5, 0.6) is 5.75 Å².